The fourth-order valence-electron chi connectivity index (χ4n) is 2.59. The molecule has 1 atom stereocenters. The Bertz CT molecular complexity index is 804. The molecule has 130 valence electrons. The molecular weight excluding hydrogens is 342 g/mol. The SMILES string of the molecule is CSc1ccc(NC(=O)CN2C(=O)N[C@](C)(c3ccco3)C2=O)cc1. The smallest absolute Gasteiger partial charge is 0.325 e. The first-order valence-electron chi connectivity index (χ1n) is 7.56. The molecule has 8 heteroatoms. The van der Waals surface area contributed by atoms with Crippen LogP contribution in [0.5, 0.6) is 0 Å². The zero-order valence-electron chi connectivity index (χ0n) is 13.7. The van der Waals surface area contributed by atoms with Crippen molar-refractivity contribution in [3.05, 3.63) is 48.4 Å². The first kappa shape index (κ1) is 17.1. The van der Waals surface area contributed by atoms with Crippen LogP contribution >= 0.6 is 11.8 Å². The Morgan fingerprint density at radius 2 is 2.00 bits per heavy atom. The number of furan rings is 1. The predicted molar refractivity (Wildman–Crippen MR) is 93.2 cm³/mol. The highest BCUT2D eigenvalue weighted by Crippen LogP contribution is 2.29. The van der Waals surface area contributed by atoms with Crippen LogP contribution in [0.25, 0.3) is 0 Å². The first-order chi connectivity index (χ1) is 11.9. The average molecular weight is 359 g/mol. The summed E-state index contributed by atoms with van der Waals surface area (Å²) in [5, 5.41) is 5.26. The molecule has 4 amide bonds. The molecule has 2 N–H and O–H groups in total. The van der Waals surface area contributed by atoms with Crippen LogP contribution in [0.3, 0.4) is 0 Å². The van der Waals surface area contributed by atoms with Gasteiger partial charge in [-0.05, 0) is 49.6 Å². The van der Waals surface area contributed by atoms with Gasteiger partial charge in [-0.25, -0.2) is 4.79 Å². The molecule has 0 aliphatic carbocycles. The Hall–Kier alpha value is -2.74. The van der Waals surface area contributed by atoms with Crippen LogP contribution in [0.4, 0.5) is 10.5 Å². The molecule has 1 aliphatic heterocycles. The molecule has 0 spiro atoms. The van der Waals surface area contributed by atoms with Crippen molar-refractivity contribution in [2.75, 3.05) is 18.1 Å². The van der Waals surface area contributed by atoms with Crippen LogP contribution in [0.2, 0.25) is 0 Å². The van der Waals surface area contributed by atoms with Crippen molar-refractivity contribution in [1.29, 1.82) is 0 Å². The minimum atomic E-state index is -1.30. The fourth-order valence-corrected chi connectivity index (χ4v) is 3.00. The van der Waals surface area contributed by atoms with E-state index < -0.39 is 23.4 Å². The van der Waals surface area contributed by atoms with E-state index >= 15 is 0 Å². The van der Waals surface area contributed by atoms with E-state index in [1.165, 1.54) is 6.26 Å². The lowest BCUT2D eigenvalue weighted by molar-refractivity contribution is -0.134. The van der Waals surface area contributed by atoms with Crippen LogP contribution in [0.15, 0.2) is 52.0 Å². The summed E-state index contributed by atoms with van der Waals surface area (Å²) in [6.45, 7) is 1.18. The van der Waals surface area contributed by atoms with Gasteiger partial charge in [0.2, 0.25) is 5.91 Å². The Kier molecular flexibility index (Phi) is 4.54. The van der Waals surface area contributed by atoms with Gasteiger partial charge in [0.05, 0.1) is 6.26 Å². The second-order valence-corrected chi connectivity index (χ2v) is 6.58. The minimum Gasteiger partial charge on any atom is -0.466 e. The largest absolute Gasteiger partial charge is 0.466 e. The first-order valence-corrected chi connectivity index (χ1v) is 8.78. The number of anilines is 1. The standard InChI is InChI=1S/C17H17N3O4S/c1-17(13-4-3-9-24-13)15(22)20(16(23)19-17)10-14(21)18-11-5-7-12(25-2)8-6-11/h3-9H,10H2,1-2H3,(H,18,21)(H,19,23)/t17-/m1/s1. The van der Waals surface area contributed by atoms with Crippen molar-refractivity contribution in [2.45, 2.75) is 17.4 Å². The monoisotopic (exact) mass is 359 g/mol. The van der Waals surface area contributed by atoms with Crippen LogP contribution in [-0.4, -0.2) is 35.5 Å². The number of hydrogen-bond acceptors (Lipinski definition) is 5. The molecule has 3 rings (SSSR count). The van der Waals surface area contributed by atoms with E-state index in [1.807, 2.05) is 18.4 Å². The third kappa shape index (κ3) is 3.25. The highest BCUT2D eigenvalue weighted by Gasteiger charge is 2.51. The molecule has 1 fully saturated rings. The molecule has 25 heavy (non-hydrogen) atoms. The highest BCUT2D eigenvalue weighted by molar-refractivity contribution is 7.98. The summed E-state index contributed by atoms with van der Waals surface area (Å²) < 4.78 is 5.25. The van der Waals surface area contributed by atoms with E-state index in [0.29, 0.717) is 11.4 Å². The lowest BCUT2D eigenvalue weighted by atomic mass is 9.99. The quantitative estimate of drug-likeness (QED) is 0.632. The lowest BCUT2D eigenvalue weighted by Crippen LogP contribution is -2.41. The van der Waals surface area contributed by atoms with Crippen LogP contribution < -0.4 is 10.6 Å². The summed E-state index contributed by atoms with van der Waals surface area (Å²) >= 11 is 1.59. The van der Waals surface area contributed by atoms with Gasteiger partial charge in [-0.2, -0.15) is 0 Å². The Labute approximate surface area is 148 Å². The number of nitrogens with one attached hydrogen (secondary N) is 2. The molecule has 1 saturated heterocycles. The molecule has 0 radical (unpaired) electrons. The van der Waals surface area contributed by atoms with Gasteiger partial charge in [0.1, 0.15) is 12.3 Å². The Balaban J connectivity index is 1.68. The fraction of sp³-hybridized carbons (Fsp3) is 0.235. The van der Waals surface area contributed by atoms with E-state index in [9.17, 15) is 14.4 Å². The summed E-state index contributed by atoms with van der Waals surface area (Å²) in [6.07, 6.45) is 3.38. The summed E-state index contributed by atoms with van der Waals surface area (Å²) in [6, 6.07) is 9.90. The molecule has 0 unspecified atom stereocenters. The number of amides is 4. The van der Waals surface area contributed by atoms with Gasteiger partial charge in [0, 0.05) is 10.6 Å². The zero-order valence-corrected chi connectivity index (χ0v) is 14.6. The van der Waals surface area contributed by atoms with Crippen LogP contribution in [0.1, 0.15) is 12.7 Å². The van der Waals surface area contributed by atoms with Gasteiger partial charge in [0.15, 0.2) is 5.54 Å². The average Bonchev–Trinajstić information content (AvgIpc) is 3.20. The number of carbonyl (C=O) groups excluding carboxylic acids is 3. The third-order valence-electron chi connectivity index (χ3n) is 3.96. The maximum Gasteiger partial charge on any atom is 0.325 e. The third-order valence-corrected chi connectivity index (χ3v) is 4.71. The summed E-state index contributed by atoms with van der Waals surface area (Å²) in [5.74, 6) is -0.661. The second kappa shape index (κ2) is 6.64. The van der Waals surface area contributed by atoms with Crippen LogP contribution in [-0.2, 0) is 15.1 Å². The summed E-state index contributed by atoms with van der Waals surface area (Å²) in [7, 11) is 0. The van der Waals surface area contributed by atoms with Crippen molar-refractivity contribution in [3.8, 4) is 0 Å². The van der Waals surface area contributed by atoms with E-state index in [0.717, 1.165) is 9.80 Å². The van der Waals surface area contributed by atoms with E-state index in [4.69, 9.17) is 4.42 Å². The molecule has 2 aromatic rings. The number of nitrogens with zero attached hydrogens (tertiary/aromatic N) is 1. The Morgan fingerprint density at radius 3 is 2.60 bits per heavy atom. The number of urea groups is 1. The Morgan fingerprint density at radius 1 is 1.28 bits per heavy atom. The maximum absolute atomic E-state index is 12.6. The highest BCUT2D eigenvalue weighted by atomic mass is 32.2. The summed E-state index contributed by atoms with van der Waals surface area (Å²) in [5.41, 5.74) is -0.704. The number of carbonyl (C=O) groups is 3. The molecule has 0 bridgehead atoms. The van der Waals surface area contributed by atoms with Crippen molar-refractivity contribution in [3.63, 3.8) is 0 Å². The normalized spacial score (nSPS) is 19.8. The topological polar surface area (TPSA) is 91.7 Å². The maximum atomic E-state index is 12.6. The van der Waals surface area contributed by atoms with Gasteiger partial charge in [-0.3, -0.25) is 14.5 Å². The van der Waals surface area contributed by atoms with Gasteiger partial charge in [0.25, 0.3) is 5.91 Å². The zero-order chi connectivity index (χ0) is 18.0. The molecule has 2 heterocycles. The second-order valence-electron chi connectivity index (χ2n) is 5.70. The van der Waals surface area contributed by atoms with Gasteiger partial charge in [-0.15, -0.1) is 11.8 Å². The predicted octanol–water partition coefficient (Wildman–Crippen LogP) is 2.41. The molecular formula is C17H17N3O4S. The number of thioether (sulfide) groups is 1. The number of rotatable bonds is 5. The van der Waals surface area contributed by atoms with Gasteiger partial charge < -0.3 is 15.1 Å². The molecule has 1 aromatic carbocycles. The van der Waals surface area contributed by atoms with Gasteiger partial charge >= 0.3 is 6.03 Å². The van der Waals surface area contributed by atoms with Gasteiger partial charge in [-0.1, -0.05) is 0 Å². The van der Waals surface area contributed by atoms with Crippen LogP contribution in [0, 0.1) is 0 Å². The van der Waals surface area contributed by atoms with Crippen molar-refractivity contribution < 1.29 is 18.8 Å². The van der Waals surface area contributed by atoms with Crippen molar-refractivity contribution >= 4 is 35.3 Å². The minimum absolute atomic E-state index is 0.321. The van der Waals surface area contributed by atoms with E-state index in [2.05, 4.69) is 10.6 Å². The summed E-state index contributed by atoms with van der Waals surface area (Å²) in [4.78, 5) is 38.9. The number of hydrogen-bond donors (Lipinski definition) is 2. The van der Waals surface area contributed by atoms with Crippen molar-refractivity contribution in [1.82, 2.24) is 10.2 Å². The molecule has 0 saturated carbocycles. The molecule has 1 aliphatic rings. The number of imide groups is 1. The molecule has 7 nitrogen and oxygen atoms in total. The van der Waals surface area contributed by atoms with Crippen molar-refractivity contribution in [2.24, 2.45) is 0 Å². The lowest BCUT2D eigenvalue weighted by Gasteiger charge is -2.18. The van der Waals surface area contributed by atoms with E-state index in [-0.39, 0.29) is 6.54 Å². The van der Waals surface area contributed by atoms with E-state index in [1.54, 1.807) is 43.0 Å². The number of benzene rings is 1. The molecule has 1 aromatic heterocycles.